The summed E-state index contributed by atoms with van der Waals surface area (Å²) in [4.78, 5) is 59.6. The summed E-state index contributed by atoms with van der Waals surface area (Å²) in [5, 5.41) is 0.942. The summed E-state index contributed by atoms with van der Waals surface area (Å²) in [5.74, 6) is -4.00. The average Bonchev–Trinajstić information content (AvgIpc) is 3.64. The molecule has 5 aromatic carbocycles. The number of esters is 1. The summed E-state index contributed by atoms with van der Waals surface area (Å²) in [6, 6.07) is 39.3. The molecular weight excluding hydrogens is 657 g/mol. The van der Waals surface area contributed by atoms with Crippen molar-refractivity contribution in [1.82, 2.24) is 0 Å². The number of halogens is 2. The molecule has 8 heteroatoms. The Balaban J connectivity index is 1.50. The van der Waals surface area contributed by atoms with Gasteiger partial charge in [-0.1, -0.05) is 108 Å². The van der Waals surface area contributed by atoms with E-state index in [2.05, 4.69) is 0 Å². The zero-order chi connectivity index (χ0) is 34.1. The number of ether oxygens (including phenoxy) is 1. The molecule has 1 aliphatic heterocycles. The van der Waals surface area contributed by atoms with Crippen LogP contribution in [0.4, 0.5) is 5.69 Å². The van der Waals surface area contributed by atoms with Gasteiger partial charge in [0.1, 0.15) is 0 Å². The number of carbonyl (C=O) groups is 4. The van der Waals surface area contributed by atoms with Gasteiger partial charge in [0.2, 0.25) is 11.8 Å². The highest BCUT2D eigenvalue weighted by Gasteiger charge is 2.82. The largest absolute Gasteiger partial charge is 0.465 e. The molecule has 0 radical (unpaired) electrons. The molecule has 3 aliphatic rings. The fraction of sp³-hybridized carbons (Fsp3) is 0.122. The molecular formula is C41H27Cl2NO5. The van der Waals surface area contributed by atoms with Crippen LogP contribution >= 0.6 is 23.2 Å². The maximum atomic E-state index is 16.0. The van der Waals surface area contributed by atoms with E-state index >= 15 is 14.4 Å². The van der Waals surface area contributed by atoms with Crippen LogP contribution in [0, 0.1) is 11.8 Å². The molecule has 1 saturated heterocycles. The number of methoxy groups -OCH3 is 1. The van der Waals surface area contributed by atoms with Crippen molar-refractivity contribution >= 4 is 63.6 Å². The second kappa shape index (κ2) is 11.4. The van der Waals surface area contributed by atoms with Gasteiger partial charge < -0.3 is 4.74 Å². The van der Waals surface area contributed by atoms with E-state index < -0.39 is 40.4 Å². The number of imide groups is 1. The Morgan fingerprint density at radius 1 is 0.592 bits per heavy atom. The molecule has 0 N–H and O–H groups in total. The minimum atomic E-state index is -1.57. The van der Waals surface area contributed by atoms with Crippen LogP contribution in [0.2, 0.25) is 10.0 Å². The van der Waals surface area contributed by atoms with Crippen LogP contribution in [0.15, 0.2) is 133 Å². The molecule has 2 amide bonds. The van der Waals surface area contributed by atoms with E-state index in [1.165, 1.54) is 24.1 Å². The molecule has 0 unspecified atom stereocenters. The van der Waals surface area contributed by atoms with Gasteiger partial charge in [0, 0.05) is 10.0 Å². The van der Waals surface area contributed by atoms with Crippen LogP contribution in [0.5, 0.6) is 0 Å². The monoisotopic (exact) mass is 683 g/mol. The Morgan fingerprint density at radius 2 is 1.00 bits per heavy atom. The average molecular weight is 685 g/mol. The van der Waals surface area contributed by atoms with E-state index in [1.807, 2.05) is 60.7 Å². The normalized spacial score (nSPS) is 24.1. The van der Waals surface area contributed by atoms with E-state index in [0.717, 1.165) is 11.1 Å². The number of ketones is 1. The number of benzene rings is 5. The number of carbonyl (C=O) groups excluding carboxylic acids is 4. The van der Waals surface area contributed by atoms with Gasteiger partial charge in [-0.3, -0.25) is 14.4 Å². The van der Waals surface area contributed by atoms with Crippen LogP contribution in [-0.4, -0.2) is 30.7 Å². The number of hydrogen-bond donors (Lipinski definition) is 0. The Morgan fingerprint density at radius 3 is 1.39 bits per heavy atom. The number of fused-ring (bicyclic) bond motifs is 5. The molecule has 0 aromatic heterocycles. The van der Waals surface area contributed by atoms with E-state index in [4.69, 9.17) is 27.9 Å². The Kier molecular flexibility index (Phi) is 7.21. The first-order valence-electron chi connectivity index (χ1n) is 15.8. The Labute approximate surface area is 292 Å². The highest BCUT2D eigenvalue weighted by molar-refractivity contribution is 6.39. The van der Waals surface area contributed by atoms with Crippen molar-refractivity contribution in [2.75, 3.05) is 12.0 Å². The number of amides is 2. The van der Waals surface area contributed by atoms with Crippen molar-refractivity contribution in [3.05, 3.63) is 171 Å². The Bertz CT molecular complexity index is 2070. The third-order valence-corrected chi connectivity index (χ3v) is 10.8. The third kappa shape index (κ3) is 4.14. The summed E-state index contributed by atoms with van der Waals surface area (Å²) in [6.07, 6.45) is 0. The number of rotatable bonds is 6. The molecule has 8 rings (SSSR count). The van der Waals surface area contributed by atoms with Crippen LogP contribution in [0.3, 0.4) is 0 Å². The quantitative estimate of drug-likeness (QED) is 0.134. The van der Waals surface area contributed by atoms with Crippen molar-refractivity contribution in [3.8, 4) is 0 Å². The first-order chi connectivity index (χ1) is 23.8. The summed E-state index contributed by atoms with van der Waals surface area (Å²) >= 11 is 12.8. The number of nitrogens with zero attached hydrogens (tertiary/aromatic N) is 1. The van der Waals surface area contributed by atoms with E-state index in [-0.39, 0.29) is 11.3 Å². The van der Waals surface area contributed by atoms with Gasteiger partial charge in [0.25, 0.3) is 0 Å². The van der Waals surface area contributed by atoms with Gasteiger partial charge in [0.05, 0.1) is 41.0 Å². The van der Waals surface area contributed by atoms with Gasteiger partial charge in [-0.25, -0.2) is 9.69 Å². The maximum absolute atomic E-state index is 16.0. The molecule has 4 atom stereocenters. The van der Waals surface area contributed by atoms with Crippen molar-refractivity contribution in [2.45, 2.75) is 10.8 Å². The standard InChI is InChI=1S/C41H27Cl2NO5/c1-49-38(47)26-12-22-31(23-13-26)44-36(45)34-35(37(44)46)41(28-16-20-30(43)21-17-28)33(25-10-6-3-7-11-25)32(24-8-4-2-5-9-24)40(34,39(41)48)27-14-18-29(42)19-15-27/h2-23,34-35H,1H3/t34-,35+,40-,41-/m0/s1. The highest BCUT2D eigenvalue weighted by Crippen LogP contribution is 2.74. The van der Waals surface area contributed by atoms with Gasteiger partial charge >= 0.3 is 5.97 Å². The second-order valence-electron chi connectivity index (χ2n) is 12.4. The van der Waals surface area contributed by atoms with Crippen molar-refractivity contribution < 1.29 is 23.9 Å². The van der Waals surface area contributed by atoms with Gasteiger partial charge in [-0.2, -0.15) is 0 Å². The van der Waals surface area contributed by atoms with Crippen LogP contribution in [0.25, 0.3) is 11.1 Å². The molecule has 2 fully saturated rings. The predicted molar refractivity (Wildman–Crippen MR) is 188 cm³/mol. The highest BCUT2D eigenvalue weighted by atomic mass is 35.5. The van der Waals surface area contributed by atoms with Crippen molar-refractivity contribution in [3.63, 3.8) is 0 Å². The minimum Gasteiger partial charge on any atom is -0.465 e. The zero-order valence-corrected chi connectivity index (χ0v) is 27.6. The molecule has 5 aromatic rings. The first kappa shape index (κ1) is 31.0. The molecule has 6 nitrogen and oxygen atoms in total. The maximum Gasteiger partial charge on any atom is 0.337 e. The predicted octanol–water partition coefficient (Wildman–Crippen LogP) is 7.97. The van der Waals surface area contributed by atoms with Gasteiger partial charge in [-0.05, 0) is 81.9 Å². The Hall–Kier alpha value is -5.30. The smallest absolute Gasteiger partial charge is 0.337 e. The SMILES string of the molecule is COC(=O)c1ccc(N2C(=O)[C@@H]3[C@H](C2=O)[C@@]2(c4ccc(Cl)cc4)C(=O)[C@@]3(c3ccc(Cl)cc3)C(c3ccccc3)=C2c2ccccc2)cc1. The van der Waals surface area contributed by atoms with Crippen molar-refractivity contribution in [1.29, 1.82) is 0 Å². The second-order valence-corrected chi connectivity index (χ2v) is 13.3. The fourth-order valence-corrected chi connectivity index (χ4v) is 8.73. The lowest BCUT2D eigenvalue weighted by Gasteiger charge is -2.39. The minimum absolute atomic E-state index is 0.250. The first-order valence-corrected chi connectivity index (χ1v) is 16.5. The summed E-state index contributed by atoms with van der Waals surface area (Å²) in [7, 11) is 1.28. The van der Waals surface area contributed by atoms with Gasteiger partial charge in [-0.15, -0.1) is 0 Å². The summed E-state index contributed by atoms with van der Waals surface area (Å²) < 4.78 is 4.85. The molecule has 240 valence electrons. The lowest BCUT2D eigenvalue weighted by Crippen LogP contribution is -2.45. The zero-order valence-electron chi connectivity index (χ0n) is 26.1. The molecule has 0 spiro atoms. The summed E-state index contributed by atoms with van der Waals surface area (Å²) in [5.41, 5.74) is 1.44. The number of hydrogen-bond acceptors (Lipinski definition) is 5. The van der Waals surface area contributed by atoms with E-state index in [1.54, 1.807) is 60.7 Å². The molecule has 49 heavy (non-hydrogen) atoms. The lowest BCUT2D eigenvalue weighted by atomic mass is 9.59. The molecule has 1 saturated carbocycles. The van der Waals surface area contributed by atoms with Crippen LogP contribution in [0.1, 0.15) is 32.6 Å². The van der Waals surface area contributed by atoms with E-state index in [0.29, 0.717) is 38.0 Å². The fourth-order valence-electron chi connectivity index (χ4n) is 8.48. The number of anilines is 1. The third-order valence-electron chi connectivity index (χ3n) is 10.3. The van der Waals surface area contributed by atoms with Crippen molar-refractivity contribution in [2.24, 2.45) is 11.8 Å². The lowest BCUT2D eigenvalue weighted by molar-refractivity contribution is -0.130. The molecule has 1 heterocycles. The van der Waals surface area contributed by atoms with Crippen LogP contribution in [-0.2, 0) is 30.0 Å². The number of Topliss-reactive ketones (excluding diaryl/α,β-unsaturated/α-hetero) is 1. The van der Waals surface area contributed by atoms with Crippen LogP contribution < -0.4 is 4.90 Å². The summed E-state index contributed by atoms with van der Waals surface area (Å²) in [6.45, 7) is 0. The molecule has 2 aliphatic carbocycles. The number of allylic oxidation sites excluding steroid dienone is 2. The van der Waals surface area contributed by atoms with Gasteiger partial charge in [0.15, 0.2) is 5.78 Å². The topological polar surface area (TPSA) is 80.8 Å². The van der Waals surface area contributed by atoms with E-state index in [9.17, 15) is 4.79 Å². The molecule has 2 bridgehead atoms.